The Balaban J connectivity index is 1.51. The Kier molecular flexibility index (Phi) is 5.39. The van der Waals surface area contributed by atoms with E-state index in [-0.39, 0.29) is 11.2 Å². The fourth-order valence-corrected chi connectivity index (χ4v) is 5.48. The molecule has 0 bridgehead atoms. The SMILES string of the molecule is CCC(C)c1csc(CSc2cc3c(cc2F)c(=O)c(-c2cn[nH]n2)cn3C2CC2)n1. The van der Waals surface area contributed by atoms with E-state index >= 15 is 0 Å². The van der Waals surface area contributed by atoms with Gasteiger partial charge < -0.3 is 4.57 Å². The minimum atomic E-state index is -0.382. The molecule has 1 fully saturated rings. The van der Waals surface area contributed by atoms with Crippen LogP contribution < -0.4 is 5.43 Å². The number of hydrogen-bond acceptors (Lipinski definition) is 6. The molecular weight excluding hydrogens is 433 g/mol. The third-order valence-electron chi connectivity index (χ3n) is 5.75. The first-order valence-corrected chi connectivity index (χ1v) is 12.2. The molecule has 1 unspecified atom stereocenters. The number of rotatable bonds is 7. The molecule has 0 amide bonds. The van der Waals surface area contributed by atoms with Gasteiger partial charge in [-0.15, -0.1) is 23.1 Å². The molecule has 160 valence electrons. The smallest absolute Gasteiger partial charge is 0.199 e. The number of aromatic nitrogens is 5. The molecule has 3 aromatic heterocycles. The second kappa shape index (κ2) is 8.20. The Morgan fingerprint density at radius 1 is 1.39 bits per heavy atom. The van der Waals surface area contributed by atoms with Crippen LogP contribution in [0.25, 0.3) is 22.2 Å². The second-order valence-corrected chi connectivity index (χ2v) is 9.89. The van der Waals surface area contributed by atoms with Gasteiger partial charge >= 0.3 is 0 Å². The minimum Gasteiger partial charge on any atom is -0.343 e. The van der Waals surface area contributed by atoms with Crippen molar-refractivity contribution < 1.29 is 4.39 Å². The van der Waals surface area contributed by atoms with Gasteiger partial charge in [0.1, 0.15) is 16.5 Å². The van der Waals surface area contributed by atoms with Crippen LogP contribution in [0.1, 0.15) is 55.8 Å². The average Bonchev–Trinajstić information content (AvgIpc) is 3.26. The lowest BCUT2D eigenvalue weighted by Gasteiger charge is -2.14. The van der Waals surface area contributed by atoms with E-state index in [4.69, 9.17) is 4.98 Å². The predicted molar refractivity (Wildman–Crippen MR) is 122 cm³/mol. The summed E-state index contributed by atoms with van der Waals surface area (Å²) in [4.78, 5) is 18.3. The van der Waals surface area contributed by atoms with E-state index < -0.39 is 0 Å². The van der Waals surface area contributed by atoms with Crippen LogP contribution in [0.4, 0.5) is 4.39 Å². The summed E-state index contributed by atoms with van der Waals surface area (Å²) in [5, 5.41) is 13.9. The molecule has 0 spiro atoms. The molecule has 1 saturated carbocycles. The summed E-state index contributed by atoms with van der Waals surface area (Å²) in [5.41, 5.74) is 2.55. The van der Waals surface area contributed by atoms with Gasteiger partial charge in [-0.1, -0.05) is 13.8 Å². The maximum Gasteiger partial charge on any atom is 0.199 e. The first-order valence-electron chi connectivity index (χ1n) is 10.4. The molecule has 1 N–H and O–H groups in total. The van der Waals surface area contributed by atoms with E-state index in [9.17, 15) is 9.18 Å². The molecule has 3 heterocycles. The summed E-state index contributed by atoms with van der Waals surface area (Å²) < 4.78 is 17.1. The third kappa shape index (κ3) is 3.92. The molecule has 0 saturated heterocycles. The number of H-pyrrole nitrogens is 1. The molecule has 0 radical (unpaired) electrons. The van der Waals surface area contributed by atoms with Crippen molar-refractivity contribution in [2.45, 2.75) is 55.7 Å². The van der Waals surface area contributed by atoms with Crippen LogP contribution in [-0.2, 0) is 5.75 Å². The normalized spacial score (nSPS) is 14.9. The zero-order chi connectivity index (χ0) is 21.5. The van der Waals surface area contributed by atoms with E-state index in [2.05, 4.69) is 39.2 Å². The maximum absolute atomic E-state index is 15.0. The van der Waals surface area contributed by atoms with Gasteiger partial charge in [0.15, 0.2) is 5.43 Å². The summed E-state index contributed by atoms with van der Waals surface area (Å²) >= 11 is 3.04. The van der Waals surface area contributed by atoms with Crippen molar-refractivity contribution >= 4 is 34.0 Å². The number of thiazole rings is 1. The first-order chi connectivity index (χ1) is 15.0. The molecule has 4 aromatic rings. The lowest BCUT2D eigenvalue weighted by molar-refractivity contribution is 0.603. The van der Waals surface area contributed by atoms with Crippen molar-refractivity contribution in [2.24, 2.45) is 0 Å². The number of thioether (sulfide) groups is 1. The third-order valence-corrected chi connectivity index (χ3v) is 7.85. The van der Waals surface area contributed by atoms with E-state index in [1.165, 1.54) is 24.0 Å². The highest BCUT2D eigenvalue weighted by Crippen LogP contribution is 2.39. The summed E-state index contributed by atoms with van der Waals surface area (Å²) in [6.07, 6.45) is 6.50. The molecule has 1 aromatic carbocycles. The van der Waals surface area contributed by atoms with Crippen LogP contribution in [0.15, 0.2) is 39.6 Å². The summed E-state index contributed by atoms with van der Waals surface area (Å²) in [6.45, 7) is 4.32. The van der Waals surface area contributed by atoms with E-state index in [1.807, 2.05) is 12.3 Å². The van der Waals surface area contributed by atoms with Gasteiger partial charge in [0.25, 0.3) is 0 Å². The topological polar surface area (TPSA) is 76.5 Å². The quantitative estimate of drug-likeness (QED) is 0.371. The molecule has 6 nitrogen and oxygen atoms in total. The Labute approximate surface area is 186 Å². The zero-order valence-electron chi connectivity index (χ0n) is 17.3. The molecule has 0 aliphatic heterocycles. The molecule has 1 aliphatic carbocycles. The van der Waals surface area contributed by atoms with Crippen LogP contribution in [0.5, 0.6) is 0 Å². The number of halogens is 1. The molecular formula is C22H22FN5OS2. The molecule has 1 aliphatic rings. The highest BCUT2D eigenvalue weighted by Gasteiger charge is 2.27. The van der Waals surface area contributed by atoms with Gasteiger partial charge in [-0.05, 0) is 37.3 Å². The molecule has 31 heavy (non-hydrogen) atoms. The van der Waals surface area contributed by atoms with Crippen molar-refractivity contribution in [3.05, 3.63) is 56.6 Å². The molecule has 1 atom stereocenters. The monoisotopic (exact) mass is 455 g/mol. The fourth-order valence-electron chi connectivity index (χ4n) is 3.60. The second-order valence-electron chi connectivity index (χ2n) is 7.93. The fraction of sp³-hybridized carbons (Fsp3) is 0.364. The number of nitrogens with one attached hydrogen (secondary N) is 1. The maximum atomic E-state index is 15.0. The number of nitrogens with zero attached hydrogens (tertiary/aromatic N) is 4. The Bertz CT molecular complexity index is 1290. The summed E-state index contributed by atoms with van der Waals surface area (Å²) in [6, 6.07) is 3.51. The van der Waals surface area contributed by atoms with Crippen LogP contribution in [0.2, 0.25) is 0 Å². The number of fused-ring (bicyclic) bond motifs is 1. The number of hydrogen-bond donors (Lipinski definition) is 1. The summed E-state index contributed by atoms with van der Waals surface area (Å²) in [5.74, 6) is 0.654. The van der Waals surface area contributed by atoms with E-state index in [1.54, 1.807) is 11.3 Å². The standard InChI is InChI=1S/C22H22FN5OS2/c1-3-12(2)18-10-31-21(25-18)11-30-20-7-19-14(6-16(20)23)22(29)15(17-8-24-27-26-17)9-28(19)13-4-5-13/h6-10,12-13H,3-5,11H2,1-2H3,(H,24,26,27). The van der Waals surface area contributed by atoms with Gasteiger partial charge in [0, 0.05) is 27.9 Å². The average molecular weight is 456 g/mol. The number of pyridine rings is 1. The lowest BCUT2D eigenvalue weighted by Crippen LogP contribution is -2.12. The molecule has 5 rings (SSSR count). The number of aromatic amines is 1. The van der Waals surface area contributed by atoms with Gasteiger partial charge in [-0.2, -0.15) is 15.4 Å². The van der Waals surface area contributed by atoms with Gasteiger partial charge in [0.2, 0.25) is 0 Å². The van der Waals surface area contributed by atoms with Crippen molar-refractivity contribution in [1.29, 1.82) is 0 Å². The highest BCUT2D eigenvalue weighted by molar-refractivity contribution is 7.98. The van der Waals surface area contributed by atoms with Crippen molar-refractivity contribution in [3.63, 3.8) is 0 Å². The minimum absolute atomic E-state index is 0.227. The Morgan fingerprint density at radius 3 is 2.94 bits per heavy atom. The number of benzene rings is 1. The zero-order valence-corrected chi connectivity index (χ0v) is 18.9. The lowest BCUT2D eigenvalue weighted by atomic mass is 10.1. The van der Waals surface area contributed by atoms with Gasteiger partial charge in [0.05, 0.1) is 28.7 Å². The van der Waals surface area contributed by atoms with Crippen LogP contribution >= 0.6 is 23.1 Å². The molecule has 9 heteroatoms. The van der Waals surface area contributed by atoms with Crippen LogP contribution in [-0.4, -0.2) is 25.0 Å². The van der Waals surface area contributed by atoms with Gasteiger partial charge in [-0.25, -0.2) is 9.37 Å². The predicted octanol–water partition coefficient (Wildman–Crippen LogP) is 5.52. The highest BCUT2D eigenvalue weighted by atomic mass is 32.2. The summed E-state index contributed by atoms with van der Waals surface area (Å²) in [7, 11) is 0. The van der Waals surface area contributed by atoms with Crippen LogP contribution in [0.3, 0.4) is 0 Å². The first kappa shape index (κ1) is 20.4. The van der Waals surface area contributed by atoms with Crippen molar-refractivity contribution in [2.75, 3.05) is 0 Å². The van der Waals surface area contributed by atoms with Crippen molar-refractivity contribution in [3.8, 4) is 11.3 Å². The Hall–Kier alpha value is -2.52. The van der Waals surface area contributed by atoms with E-state index in [0.717, 1.165) is 35.5 Å². The van der Waals surface area contributed by atoms with Crippen LogP contribution in [0, 0.1) is 5.82 Å². The van der Waals surface area contributed by atoms with Crippen molar-refractivity contribution in [1.82, 2.24) is 25.0 Å². The van der Waals surface area contributed by atoms with Gasteiger partial charge in [-0.3, -0.25) is 4.79 Å². The van der Waals surface area contributed by atoms with E-state index in [0.29, 0.717) is 39.3 Å². The Morgan fingerprint density at radius 2 is 2.23 bits per heavy atom. The largest absolute Gasteiger partial charge is 0.343 e.